The van der Waals surface area contributed by atoms with Gasteiger partial charge in [0.15, 0.2) is 0 Å². The van der Waals surface area contributed by atoms with Crippen LogP contribution in [0.2, 0.25) is 0 Å². The number of para-hydroxylation sites is 1. The van der Waals surface area contributed by atoms with E-state index in [1.54, 1.807) is 6.20 Å². The monoisotopic (exact) mass is 299 g/mol. The molecular formula is C17H21N3O2. The van der Waals surface area contributed by atoms with E-state index in [0.717, 1.165) is 24.5 Å². The van der Waals surface area contributed by atoms with Gasteiger partial charge in [0.1, 0.15) is 0 Å². The van der Waals surface area contributed by atoms with Crippen LogP contribution in [-0.4, -0.2) is 38.8 Å². The Morgan fingerprint density at radius 1 is 1.36 bits per heavy atom. The molecule has 1 aromatic carbocycles. The first-order chi connectivity index (χ1) is 10.5. The Balaban J connectivity index is 1.80. The van der Waals surface area contributed by atoms with Gasteiger partial charge in [0.2, 0.25) is 0 Å². The fourth-order valence-corrected chi connectivity index (χ4v) is 3.06. The minimum absolute atomic E-state index is 0.585. The van der Waals surface area contributed by atoms with E-state index < -0.39 is 11.4 Å². The van der Waals surface area contributed by atoms with Crippen LogP contribution in [0.15, 0.2) is 36.5 Å². The number of carboxylic acid groups (broad SMARTS) is 1. The Hall–Kier alpha value is -2.14. The summed E-state index contributed by atoms with van der Waals surface area (Å²) in [4.78, 5) is 13.6. The van der Waals surface area contributed by atoms with Crippen molar-refractivity contribution in [2.24, 2.45) is 5.41 Å². The maximum Gasteiger partial charge on any atom is 0.310 e. The summed E-state index contributed by atoms with van der Waals surface area (Å²) in [6.07, 6.45) is 2.50. The predicted molar refractivity (Wildman–Crippen MR) is 83.9 cm³/mol. The second-order valence-corrected chi connectivity index (χ2v) is 6.35. The van der Waals surface area contributed by atoms with Crippen molar-refractivity contribution in [2.45, 2.75) is 26.8 Å². The molecule has 0 bridgehead atoms. The predicted octanol–water partition coefficient (Wildman–Crippen LogP) is 2.48. The molecule has 0 radical (unpaired) electrons. The summed E-state index contributed by atoms with van der Waals surface area (Å²) in [5.74, 6) is -0.706. The molecule has 2 aromatic rings. The van der Waals surface area contributed by atoms with Gasteiger partial charge in [-0.2, -0.15) is 5.10 Å². The number of aromatic nitrogens is 2. The Bertz CT molecular complexity index is 695. The summed E-state index contributed by atoms with van der Waals surface area (Å²) in [6, 6.07) is 10.1. The fourth-order valence-electron chi connectivity index (χ4n) is 3.06. The molecule has 0 saturated carbocycles. The van der Waals surface area contributed by atoms with Crippen molar-refractivity contribution in [3.05, 3.63) is 47.8 Å². The third kappa shape index (κ3) is 2.64. The van der Waals surface area contributed by atoms with Crippen LogP contribution in [-0.2, 0) is 11.3 Å². The number of hydrogen-bond acceptors (Lipinski definition) is 3. The van der Waals surface area contributed by atoms with Crippen LogP contribution < -0.4 is 0 Å². The van der Waals surface area contributed by atoms with Crippen LogP contribution in [0.25, 0.3) is 5.69 Å². The zero-order chi connectivity index (χ0) is 15.7. The molecule has 1 saturated heterocycles. The minimum Gasteiger partial charge on any atom is -0.481 e. The number of aryl methyl sites for hydroxylation is 1. The summed E-state index contributed by atoms with van der Waals surface area (Å²) in [7, 11) is 0. The van der Waals surface area contributed by atoms with Crippen molar-refractivity contribution in [1.29, 1.82) is 0 Å². The van der Waals surface area contributed by atoms with E-state index in [9.17, 15) is 9.90 Å². The highest BCUT2D eigenvalue weighted by atomic mass is 16.4. The topological polar surface area (TPSA) is 58.4 Å². The van der Waals surface area contributed by atoms with Crippen molar-refractivity contribution < 1.29 is 9.90 Å². The Morgan fingerprint density at radius 2 is 2.14 bits per heavy atom. The van der Waals surface area contributed by atoms with E-state index in [2.05, 4.69) is 29.1 Å². The molecule has 5 heteroatoms. The Kier molecular flexibility index (Phi) is 3.74. The lowest BCUT2D eigenvalue weighted by atomic mass is 9.90. The van der Waals surface area contributed by atoms with Crippen molar-refractivity contribution in [3.8, 4) is 5.69 Å². The number of aliphatic carboxylic acids is 1. The summed E-state index contributed by atoms with van der Waals surface area (Å²) in [5.41, 5.74) is 2.70. The quantitative estimate of drug-likeness (QED) is 0.942. The molecule has 0 aliphatic carbocycles. The van der Waals surface area contributed by atoms with Crippen LogP contribution in [0.5, 0.6) is 0 Å². The second kappa shape index (κ2) is 5.57. The molecule has 1 atom stereocenters. The first kappa shape index (κ1) is 14.8. The lowest BCUT2D eigenvalue weighted by Crippen LogP contribution is -2.31. The maximum absolute atomic E-state index is 11.4. The number of carbonyl (C=O) groups is 1. The second-order valence-electron chi connectivity index (χ2n) is 6.35. The summed E-state index contributed by atoms with van der Waals surface area (Å²) in [6.45, 7) is 6.01. The van der Waals surface area contributed by atoms with Crippen molar-refractivity contribution in [2.75, 3.05) is 13.1 Å². The largest absolute Gasteiger partial charge is 0.481 e. The molecule has 1 aliphatic rings. The molecule has 116 valence electrons. The van der Waals surface area contributed by atoms with Crippen LogP contribution >= 0.6 is 0 Å². The fraction of sp³-hybridized carbons (Fsp3) is 0.412. The van der Waals surface area contributed by atoms with Gasteiger partial charge in [0.25, 0.3) is 0 Å². The average Bonchev–Trinajstić information content (AvgIpc) is 3.08. The van der Waals surface area contributed by atoms with Crippen molar-refractivity contribution >= 4 is 5.97 Å². The lowest BCUT2D eigenvalue weighted by Gasteiger charge is -2.20. The molecule has 3 rings (SSSR count). The van der Waals surface area contributed by atoms with Crippen LogP contribution in [0.1, 0.15) is 24.6 Å². The van der Waals surface area contributed by atoms with Gasteiger partial charge in [-0.1, -0.05) is 18.2 Å². The summed E-state index contributed by atoms with van der Waals surface area (Å²) >= 11 is 0. The van der Waals surface area contributed by atoms with Gasteiger partial charge in [0, 0.05) is 19.3 Å². The van der Waals surface area contributed by atoms with E-state index in [1.807, 2.05) is 29.8 Å². The summed E-state index contributed by atoms with van der Waals surface area (Å²) in [5, 5.41) is 13.8. The van der Waals surface area contributed by atoms with Gasteiger partial charge in [-0.3, -0.25) is 9.69 Å². The summed E-state index contributed by atoms with van der Waals surface area (Å²) < 4.78 is 1.95. The maximum atomic E-state index is 11.4. The highest BCUT2D eigenvalue weighted by molar-refractivity contribution is 5.74. The molecule has 0 unspecified atom stereocenters. The normalized spacial score (nSPS) is 22.1. The third-order valence-electron chi connectivity index (χ3n) is 4.52. The van der Waals surface area contributed by atoms with Crippen LogP contribution in [0.4, 0.5) is 0 Å². The SMILES string of the molecule is Cc1ccccc1-n1nccc1CN1CC[C@@](C)(C(=O)O)C1. The van der Waals surface area contributed by atoms with Gasteiger partial charge >= 0.3 is 5.97 Å². The van der Waals surface area contributed by atoms with Gasteiger partial charge in [0.05, 0.1) is 16.8 Å². The van der Waals surface area contributed by atoms with Crippen molar-refractivity contribution in [3.63, 3.8) is 0 Å². The van der Waals surface area contributed by atoms with Crippen LogP contribution in [0, 0.1) is 12.3 Å². The van der Waals surface area contributed by atoms with Crippen LogP contribution in [0.3, 0.4) is 0 Å². The Labute approximate surface area is 130 Å². The highest BCUT2D eigenvalue weighted by Crippen LogP contribution is 2.31. The van der Waals surface area contributed by atoms with Gasteiger partial charge in [-0.05, 0) is 44.5 Å². The lowest BCUT2D eigenvalue weighted by molar-refractivity contribution is -0.147. The van der Waals surface area contributed by atoms with E-state index in [0.29, 0.717) is 13.0 Å². The van der Waals surface area contributed by atoms with Crippen molar-refractivity contribution in [1.82, 2.24) is 14.7 Å². The molecule has 2 heterocycles. The first-order valence-electron chi connectivity index (χ1n) is 7.54. The number of likely N-dealkylation sites (tertiary alicyclic amines) is 1. The number of benzene rings is 1. The van der Waals surface area contributed by atoms with E-state index in [4.69, 9.17) is 0 Å². The molecule has 1 N–H and O–H groups in total. The molecule has 5 nitrogen and oxygen atoms in total. The highest BCUT2D eigenvalue weighted by Gasteiger charge is 2.40. The molecule has 0 spiro atoms. The minimum atomic E-state index is -0.706. The molecule has 0 amide bonds. The number of rotatable bonds is 4. The molecule has 1 aliphatic heterocycles. The van der Waals surface area contributed by atoms with Gasteiger partial charge < -0.3 is 5.11 Å². The zero-order valence-electron chi connectivity index (χ0n) is 13.0. The van der Waals surface area contributed by atoms with E-state index >= 15 is 0 Å². The van der Waals surface area contributed by atoms with E-state index in [-0.39, 0.29) is 0 Å². The van der Waals surface area contributed by atoms with Gasteiger partial charge in [-0.15, -0.1) is 0 Å². The molecule has 22 heavy (non-hydrogen) atoms. The molecular weight excluding hydrogens is 278 g/mol. The average molecular weight is 299 g/mol. The first-order valence-corrected chi connectivity index (χ1v) is 7.54. The number of nitrogens with zero attached hydrogens (tertiary/aromatic N) is 3. The third-order valence-corrected chi connectivity index (χ3v) is 4.52. The standard InChI is InChI=1S/C17H21N3O2/c1-13-5-3-4-6-15(13)20-14(7-9-18-20)11-19-10-8-17(2,12-19)16(21)22/h3-7,9H,8,10-12H2,1-2H3,(H,21,22)/t17-/m1/s1. The molecule has 1 aromatic heterocycles. The number of hydrogen-bond donors (Lipinski definition) is 1. The Morgan fingerprint density at radius 3 is 2.82 bits per heavy atom. The van der Waals surface area contributed by atoms with E-state index in [1.165, 1.54) is 5.56 Å². The molecule has 1 fully saturated rings. The number of carboxylic acids is 1. The zero-order valence-corrected chi connectivity index (χ0v) is 13.0. The van der Waals surface area contributed by atoms with Gasteiger partial charge in [-0.25, -0.2) is 4.68 Å². The smallest absolute Gasteiger partial charge is 0.310 e.